The molecule has 0 saturated heterocycles. The Hall–Kier alpha value is -2.37. The summed E-state index contributed by atoms with van der Waals surface area (Å²) < 4.78 is 1.78. The van der Waals surface area contributed by atoms with Crippen molar-refractivity contribution in [2.75, 3.05) is 5.32 Å². The van der Waals surface area contributed by atoms with Crippen molar-refractivity contribution >= 4 is 11.8 Å². The fraction of sp³-hybridized carbons (Fsp3) is 0.357. The maximum atomic E-state index is 11.3. The number of carboxylic acids is 1. The number of hydrogen-bond donors (Lipinski definition) is 2. The number of aryl methyl sites for hydroxylation is 3. The molecule has 0 aliphatic heterocycles. The van der Waals surface area contributed by atoms with E-state index >= 15 is 0 Å². The molecule has 0 atom stereocenters. The Morgan fingerprint density at radius 2 is 2.10 bits per heavy atom. The minimum absolute atomic E-state index is 0.220. The van der Waals surface area contributed by atoms with Crippen LogP contribution in [0, 0.1) is 20.8 Å². The van der Waals surface area contributed by atoms with Gasteiger partial charge in [-0.3, -0.25) is 4.68 Å². The maximum Gasteiger partial charge on any atom is 0.339 e. The third kappa shape index (κ3) is 2.64. The second-order valence-corrected chi connectivity index (χ2v) is 4.84. The number of carboxylic acid groups (broad SMARTS) is 1. The van der Waals surface area contributed by atoms with Crippen LogP contribution in [0.1, 0.15) is 32.9 Å². The molecule has 2 rings (SSSR count). The molecule has 0 saturated carbocycles. The number of nitrogens with zero attached hydrogens (tertiary/aromatic N) is 3. The van der Waals surface area contributed by atoms with Gasteiger partial charge >= 0.3 is 5.97 Å². The quantitative estimate of drug-likeness (QED) is 0.892. The highest BCUT2D eigenvalue weighted by Gasteiger charge is 2.16. The van der Waals surface area contributed by atoms with Crippen LogP contribution in [-0.4, -0.2) is 25.8 Å². The lowest BCUT2D eigenvalue weighted by Gasteiger charge is -2.11. The van der Waals surface area contributed by atoms with Gasteiger partial charge in [-0.2, -0.15) is 5.10 Å². The van der Waals surface area contributed by atoms with E-state index in [-0.39, 0.29) is 5.56 Å². The lowest BCUT2D eigenvalue weighted by molar-refractivity contribution is 0.0697. The molecule has 20 heavy (non-hydrogen) atoms. The molecule has 2 aromatic heterocycles. The van der Waals surface area contributed by atoms with Crippen LogP contribution in [0.25, 0.3) is 0 Å². The van der Waals surface area contributed by atoms with Gasteiger partial charge in [0.15, 0.2) is 0 Å². The van der Waals surface area contributed by atoms with E-state index in [1.807, 2.05) is 20.9 Å². The van der Waals surface area contributed by atoms with Gasteiger partial charge in [-0.05, 0) is 32.4 Å². The van der Waals surface area contributed by atoms with E-state index in [9.17, 15) is 9.90 Å². The van der Waals surface area contributed by atoms with Crippen molar-refractivity contribution in [2.24, 2.45) is 7.05 Å². The summed E-state index contributed by atoms with van der Waals surface area (Å²) in [6, 6.07) is 1.77. The summed E-state index contributed by atoms with van der Waals surface area (Å²) in [4.78, 5) is 15.6. The summed E-state index contributed by atoms with van der Waals surface area (Å²) in [6.45, 7) is 6.09. The lowest BCUT2D eigenvalue weighted by atomic mass is 10.1. The number of nitrogens with one attached hydrogen (secondary N) is 1. The van der Waals surface area contributed by atoms with Gasteiger partial charge in [0.2, 0.25) is 0 Å². The van der Waals surface area contributed by atoms with Crippen LogP contribution in [0.15, 0.2) is 12.3 Å². The van der Waals surface area contributed by atoms with Gasteiger partial charge in [-0.1, -0.05) is 0 Å². The Morgan fingerprint density at radius 3 is 2.65 bits per heavy atom. The largest absolute Gasteiger partial charge is 0.478 e. The zero-order valence-electron chi connectivity index (χ0n) is 12.1. The van der Waals surface area contributed by atoms with Gasteiger partial charge in [0.25, 0.3) is 0 Å². The van der Waals surface area contributed by atoms with E-state index in [0.717, 1.165) is 17.0 Å². The van der Waals surface area contributed by atoms with Gasteiger partial charge in [-0.15, -0.1) is 0 Å². The maximum absolute atomic E-state index is 11.3. The van der Waals surface area contributed by atoms with Crippen LogP contribution < -0.4 is 5.32 Å². The van der Waals surface area contributed by atoms with Crippen LogP contribution in [0.2, 0.25) is 0 Å². The van der Waals surface area contributed by atoms with Gasteiger partial charge in [0.05, 0.1) is 6.20 Å². The molecule has 106 valence electrons. The topological polar surface area (TPSA) is 80.0 Å². The molecule has 0 radical (unpaired) electrons. The normalized spacial score (nSPS) is 10.6. The minimum atomic E-state index is -0.972. The van der Waals surface area contributed by atoms with Crippen LogP contribution in [0.4, 0.5) is 5.82 Å². The first kappa shape index (κ1) is 14.0. The lowest BCUT2D eigenvalue weighted by Crippen LogP contribution is -2.11. The Labute approximate surface area is 117 Å². The zero-order chi connectivity index (χ0) is 14.9. The highest BCUT2D eigenvalue weighted by molar-refractivity contribution is 5.94. The van der Waals surface area contributed by atoms with Crippen molar-refractivity contribution in [3.8, 4) is 0 Å². The third-order valence-electron chi connectivity index (χ3n) is 3.34. The Balaban J connectivity index is 2.29. The summed E-state index contributed by atoms with van der Waals surface area (Å²) in [7, 11) is 1.87. The van der Waals surface area contributed by atoms with E-state index in [1.165, 1.54) is 0 Å². The second-order valence-electron chi connectivity index (χ2n) is 4.84. The monoisotopic (exact) mass is 274 g/mol. The molecule has 0 unspecified atom stereocenters. The highest BCUT2D eigenvalue weighted by Crippen LogP contribution is 2.20. The molecule has 6 heteroatoms. The summed E-state index contributed by atoms with van der Waals surface area (Å²) >= 11 is 0. The average Bonchev–Trinajstić information content (AvgIpc) is 2.66. The number of pyridine rings is 1. The summed E-state index contributed by atoms with van der Waals surface area (Å²) in [5, 5.41) is 16.6. The fourth-order valence-corrected chi connectivity index (χ4v) is 2.13. The average molecular weight is 274 g/mol. The van der Waals surface area contributed by atoms with E-state index in [4.69, 9.17) is 0 Å². The van der Waals surface area contributed by atoms with Crippen LogP contribution in [-0.2, 0) is 13.6 Å². The molecule has 0 aliphatic carbocycles. The fourth-order valence-electron chi connectivity index (χ4n) is 2.13. The van der Waals surface area contributed by atoms with E-state index < -0.39 is 5.97 Å². The number of aromatic nitrogens is 3. The van der Waals surface area contributed by atoms with E-state index in [1.54, 1.807) is 23.9 Å². The zero-order valence-corrected chi connectivity index (χ0v) is 12.1. The van der Waals surface area contributed by atoms with Gasteiger partial charge < -0.3 is 10.4 Å². The van der Waals surface area contributed by atoms with E-state index in [0.29, 0.717) is 17.9 Å². The second kappa shape index (κ2) is 5.32. The number of carbonyl (C=O) groups is 1. The molecule has 6 nitrogen and oxygen atoms in total. The Kier molecular flexibility index (Phi) is 3.74. The summed E-state index contributed by atoms with van der Waals surface area (Å²) in [5.41, 5.74) is 3.77. The molecule has 2 N–H and O–H groups in total. The summed E-state index contributed by atoms with van der Waals surface area (Å²) in [6.07, 6.45) is 1.77. The first-order chi connectivity index (χ1) is 9.40. The van der Waals surface area contributed by atoms with Crippen LogP contribution >= 0.6 is 0 Å². The van der Waals surface area contributed by atoms with Crippen molar-refractivity contribution in [3.05, 3.63) is 40.3 Å². The number of hydrogen-bond acceptors (Lipinski definition) is 4. The van der Waals surface area contributed by atoms with E-state index in [2.05, 4.69) is 15.4 Å². The Bertz CT molecular complexity index is 661. The van der Waals surface area contributed by atoms with Crippen molar-refractivity contribution in [2.45, 2.75) is 27.3 Å². The Morgan fingerprint density at radius 1 is 1.40 bits per heavy atom. The predicted molar refractivity (Wildman–Crippen MR) is 75.9 cm³/mol. The molecular weight excluding hydrogens is 256 g/mol. The first-order valence-corrected chi connectivity index (χ1v) is 6.33. The SMILES string of the molecule is Cc1cc(C)c(C(=O)O)c(NCc2cnn(C)c2C)n1. The molecule has 0 spiro atoms. The smallest absolute Gasteiger partial charge is 0.339 e. The van der Waals surface area contributed by atoms with Crippen molar-refractivity contribution in [3.63, 3.8) is 0 Å². The molecule has 0 fully saturated rings. The first-order valence-electron chi connectivity index (χ1n) is 6.33. The molecule has 2 aromatic rings. The minimum Gasteiger partial charge on any atom is -0.478 e. The number of rotatable bonds is 4. The number of anilines is 1. The standard InChI is InChI=1S/C14H18N4O2/c1-8-5-9(2)17-13(12(8)14(19)20)15-6-11-7-16-18(4)10(11)3/h5,7H,6H2,1-4H3,(H,15,17)(H,19,20). The van der Waals surface area contributed by atoms with Crippen molar-refractivity contribution in [1.82, 2.24) is 14.8 Å². The van der Waals surface area contributed by atoms with Crippen molar-refractivity contribution < 1.29 is 9.90 Å². The molecule has 0 bridgehead atoms. The third-order valence-corrected chi connectivity index (χ3v) is 3.34. The number of aromatic carboxylic acids is 1. The predicted octanol–water partition coefficient (Wildman–Crippen LogP) is 2.05. The summed E-state index contributed by atoms with van der Waals surface area (Å²) in [5.74, 6) is -0.571. The van der Waals surface area contributed by atoms with Crippen LogP contribution in [0.5, 0.6) is 0 Å². The molecule has 0 amide bonds. The van der Waals surface area contributed by atoms with Crippen LogP contribution in [0.3, 0.4) is 0 Å². The van der Waals surface area contributed by atoms with Gasteiger partial charge in [-0.25, -0.2) is 9.78 Å². The molecule has 2 heterocycles. The van der Waals surface area contributed by atoms with Gasteiger partial charge in [0, 0.05) is 30.5 Å². The molecule has 0 aliphatic rings. The highest BCUT2D eigenvalue weighted by atomic mass is 16.4. The molecule has 0 aromatic carbocycles. The van der Waals surface area contributed by atoms with Crippen molar-refractivity contribution in [1.29, 1.82) is 0 Å². The molecular formula is C14H18N4O2. The van der Waals surface area contributed by atoms with Gasteiger partial charge in [0.1, 0.15) is 11.4 Å².